The summed E-state index contributed by atoms with van der Waals surface area (Å²) in [4.78, 5) is 34.8. The lowest BCUT2D eigenvalue weighted by molar-refractivity contribution is -0.150. The van der Waals surface area contributed by atoms with Gasteiger partial charge in [0.05, 0.1) is 0 Å². The molecule has 6 heteroatoms. The highest BCUT2D eigenvalue weighted by Crippen LogP contribution is 2.19. The number of carbonyl (C=O) groups excluding carboxylic acids is 2. The normalized spacial score (nSPS) is 12.0. The molecule has 0 aliphatic heterocycles. The number of nitrogens with one attached hydrogen (secondary N) is 1. The summed E-state index contributed by atoms with van der Waals surface area (Å²) in [5, 5.41) is 11.1. The number of ether oxygens (including phenoxy) is 1. The number of hydrogen-bond acceptors (Lipinski definition) is 4. The summed E-state index contributed by atoms with van der Waals surface area (Å²) in [7, 11) is 0. The maximum absolute atomic E-state index is 12.7. The third-order valence-electron chi connectivity index (χ3n) is 8.69. The Morgan fingerprint density at radius 1 is 0.556 bits per heavy atom. The van der Waals surface area contributed by atoms with Crippen LogP contribution >= 0.6 is 0 Å². The maximum atomic E-state index is 12.7. The molecule has 0 saturated carbocycles. The molecule has 264 valence electrons. The van der Waals surface area contributed by atoms with Gasteiger partial charge in [0.1, 0.15) is 12.6 Å². The zero-order chi connectivity index (χ0) is 33.1. The van der Waals surface area contributed by atoms with Crippen LogP contribution in [-0.2, 0) is 19.1 Å². The summed E-state index contributed by atoms with van der Waals surface area (Å²) in [6, 6.07) is 0. The molecule has 0 radical (unpaired) electrons. The van der Waals surface area contributed by atoms with Crippen molar-refractivity contribution in [2.24, 2.45) is 0 Å². The van der Waals surface area contributed by atoms with Crippen LogP contribution < -0.4 is 5.32 Å². The molecule has 0 aromatic rings. The quantitative estimate of drug-likeness (QED) is 0.0410. The van der Waals surface area contributed by atoms with Gasteiger partial charge in [0.25, 0.3) is 0 Å². The molecule has 0 aliphatic rings. The first-order valence-electron chi connectivity index (χ1n) is 19.3. The number of carboxylic acids is 1. The molecule has 0 aromatic heterocycles. The van der Waals surface area contributed by atoms with Gasteiger partial charge in [0.2, 0.25) is 5.91 Å². The molecule has 0 heterocycles. The van der Waals surface area contributed by atoms with Crippen LogP contribution in [0.5, 0.6) is 0 Å². The standard InChI is InChI=1S/C39H73NO5/c1-3-5-7-9-11-13-14-15-16-17-19-21-26-30-34-39(44)45-36(31-27-23-20-18-12-10-8-6-4-2)32-28-24-22-25-29-33-37(41)40-35-38(42)43/h14-15,36H,3-13,16-35H2,1-2H3,(H,40,41)(H,42,43)/b15-14-. The SMILES string of the molecule is CCCCCCC/C=C\CCCCCCCC(=O)OC(CCCCCCCCCCC)CCCCCCCC(=O)NCC(=O)O. The minimum absolute atomic E-state index is 0.0230. The molecule has 6 nitrogen and oxygen atoms in total. The first-order valence-corrected chi connectivity index (χ1v) is 19.3. The molecule has 1 unspecified atom stereocenters. The van der Waals surface area contributed by atoms with E-state index in [4.69, 9.17) is 9.84 Å². The topological polar surface area (TPSA) is 92.7 Å². The Hall–Kier alpha value is -1.85. The Kier molecular flexibility index (Phi) is 33.6. The third kappa shape index (κ3) is 34.9. The van der Waals surface area contributed by atoms with Crippen LogP contribution in [-0.4, -0.2) is 35.6 Å². The van der Waals surface area contributed by atoms with Crippen LogP contribution in [0.1, 0.15) is 206 Å². The lowest BCUT2D eigenvalue weighted by Gasteiger charge is -2.18. The van der Waals surface area contributed by atoms with Gasteiger partial charge < -0.3 is 15.2 Å². The van der Waals surface area contributed by atoms with E-state index in [1.54, 1.807) is 0 Å². The summed E-state index contributed by atoms with van der Waals surface area (Å²) in [6.07, 6.45) is 39.0. The minimum atomic E-state index is -1.02. The molecule has 0 spiro atoms. The number of carboxylic acid groups (broad SMARTS) is 1. The molecule has 0 saturated heterocycles. The second-order valence-corrected chi connectivity index (χ2v) is 13.2. The van der Waals surface area contributed by atoms with Crippen molar-refractivity contribution in [2.45, 2.75) is 213 Å². The highest BCUT2D eigenvalue weighted by molar-refractivity contribution is 5.80. The zero-order valence-corrected chi connectivity index (χ0v) is 29.7. The molecule has 2 N–H and O–H groups in total. The van der Waals surface area contributed by atoms with Crippen molar-refractivity contribution in [3.63, 3.8) is 0 Å². The second-order valence-electron chi connectivity index (χ2n) is 13.2. The molecular formula is C39H73NO5. The van der Waals surface area contributed by atoms with Crippen molar-refractivity contribution in [2.75, 3.05) is 6.54 Å². The van der Waals surface area contributed by atoms with E-state index >= 15 is 0 Å². The van der Waals surface area contributed by atoms with Crippen molar-refractivity contribution < 1.29 is 24.2 Å². The Balaban J connectivity index is 4.12. The first kappa shape index (κ1) is 43.1. The number of hydrogen-bond donors (Lipinski definition) is 2. The monoisotopic (exact) mass is 636 g/mol. The Morgan fingerprint density at radius 2 is 0.956 bits per heavy atom. The Bertz CT molecular complexity index is 708. The van der Waals surface area contributed by atoms with Crippen LogP contribution in [0.2, 0.25) is 0 Å². The van der Waals surface area contributed by atoms with E-state index < -0.39 is 5.97 Å². The largest absolute Gasteiger partial charge is 0.480 e. The van der Waals surface area contributed by atoms with Gasteiger partial charge in [0.15, 0.2) is 0 Å². The van der Waals surface area contributed by atoms with Gasteiger partial charge in [-0.2, -0.15) is 0 Å². The third-order valence-corrected chi connectivity index (χ3v) is 8.69. The smallest absolute Gasteiger partial charge is 0.322 e. The van der Waals surface area contributed by atoms with Crippen LogP contribution in [0.25, 0.3) is 0 Å². The zero-order valence-electron chi connectivity index (χ0n) is 29.7. The lowest BCUT2D eigenvalue weighted by atomic mass is 10.0. The van der Waals surface area contributed by atoms with E-state index in [0.29, 0.717) is 12.8 Å². The summed E-state index contributed by atoms with van der Waals surface area (Å²) >= 11 is 0. The molecule has 0 aromatic carbocycles. The predicted molar refractivity (Wildman–Crippen MR) is 190 cm³/mol. The summed E-state index contributed by atoms with van der Waals surface area (Å²) in [5.41, 5.74) is 0. The van der Waals surface area contributed by atoms with E-state index in [1.807, 2.05) is 0 Å². The fourth-order valence-electron chi connectivity index (χ4n) is 5.80. The van der Waals surface area contributed by atoms with Crippen LogP contribution in [0.3, 0.4) is 0 Å². The Morgan fingerprint density at radius 3 is 1.42 bits per heavy atom. The number of amides is 1. The fraction of sp³-hybridized carbons (Fsp3) is 0.872. The van der Waals surface area contributed by atoms with Crippen molar-refractivity contribution in [1.82, 2.24) is 5.32 Å². The Labute approximate surface area is 278 Å². The summed E-state index contributed by atoms with van der Waals surface area (Å²) < 4.78 is 5.99. The molecule has 1 amide bonds. The summed E-state index contributed by atoms with van der Waals surface area (Å²) in [5.74, 6) is -1.23. The van der Waals surface area contributed by atoms with Gasteiger partial charge in [-0.15, -0.1) is 0 Å². The number of aliphatic carboxylic acids is 1. The highest BCUT2D eigenvalue weighted by atomic mass is 16.5. The van der Waals surface area contributed by atoms with Crippen molar-refractivity contribution in [3.8, 4) is 0 Å². The molecule has 1 atom stereocenters. The molecule has 0 fully saturated rings. The first-order chi connectivity index (χ1) is 22.0. The number of esters is 1. The van der Waals surface area contributed by atoms with Crippen molar-refractivity contribution in [1.29, 1.82) is 0 Å². The van der Waals surface area contributed by atoms with Gasteiger partial charge in [0, 0.05) is 12.8 Å². The van der Waals surface area contributed by atoms with E-state index in [2.05, 4.69) is 31.3 Å². The molecule has 0 bridgehead atoms. The van der Waals surface area contributed by atoms with Crippen molar-refractivity contribution in [3.05, 3.63) is 12.2 Å². The van der Waals surface area contributed by atoms with Gasteiger partial charge in [-0.3, -0.25) is 14.4 Å². The van der Waals surface area contributed by atoms with E-state index in [0.717, 1.165) is 64.2 Å². The number of unbranched alkanes of at least 4 members (excludes halogenated alkanes) is 22. The fourth-order valence-corrected chi connectivity index (χ4v) is 5.80. The van der Waals surface area contributed by atoms with E-state index in [-0.39, 0.29) is 24.5 Å². The van der Waals surface area contributed by atoms with Crippen LogP contribution in [0.15, 0.2) is 12.2 Å². The highest BCUT2D eigenvalue weighted by Gasteiger charge is 2.14. The molecule has 45 heavy (non-hydrogen) atoms. The van der Waals surface area contributed by atoms with E-state index in [9.17, 15) is 14.4 Å². The number of allylic oxidation sites excluding steroid dienone is 2. The van der Waals surface area contributed by atoms with Crippen LogP contribution in [0.4, 0.5) is 0 Å². The average Bonchev–Trinajstić information content (AvgIpc) is 3.02. The molecular weight excluding hydrogens is 562 g/mol. The second kappa shape index (κ2) is 35.0. The van der Waals surface area contributed by atoms with Gasteiger partial charge in [-0.1, -0.05) is 142 Å². The van der Waals surface area contributed by atoms with E-state index in [1.165, 1.54) is 116 Å². The predicted octanol–water partition coefficient (Wildman–Crippen LogP) is 11.4. The number of rotatable bonds is 35. The van der Waals surface area contributed by atoms with Gasteiger partial charge in [-0.25, -0.2) is 0 Å². The van der Waals surface area contributed by atoms with Crippen LogP contribution in [0, 0.1) is 0 Å². The summed E-state index contributed by atoms with van der Waals surface area (Å²) in [6.45, 7) is 4.21. The minimum Gasteiger partial charge on any atom is -0.480 e. The van der Waals surface area contributed by atoms with Gasteiger partial charge in [-0.05, 0) is 64.2 Å². The van der Waals surface area contributed by atoms with Crippen molar-refractivity contribution >= 4 is 17.8 Å². The molecule has 0 rings (SSSR count). The maximum Gasteiger partial charge on any atom is 0.322 e. The average molecular weight is 636 g/mol. The number of carbonyl (C=O) groups is 3. The van der Waals surface area contributed by atoms with Gasteiger partial charge >= 0.3 is 11.9 Å². The lowest BCUT2D eigenvalue weighted by Crippen LogP contribution is -2.28. The molecule has 0 aliphatic carbocycles.